The Morgan fingerprint density at radius 1 is 0.905 bits per heavy atom. The standard InChI is InChI=1S/C18H14N2O/c21-12-20-17-10-4-3-7-14(17)13-6-1-2-8-15(13)18(20)16-9-5-11-19-16/h1-12,18-19H. The van der Waals surface area contributed by atoms with Crippen molar-refractivity contribution in [3.63, 3.8) is 0 Å². The molecular formula is C18H14N2O. The van der Waals surface area contributed by atoms with Gasteiger partial charge >= 0.3 is 0 Å². The van der Waals surface area contributed by atoms with Gasteiger partial charge in [-0.3, -0.25) is 4.79 Å². The van der Waals surface area contributed by atoms with Crippen LogP contribution < -0.4 is 4.90 Å². The van der Waals surface area contributed by atoms with E-state index < -0.39 is 0 Å². The molecule has 0 saturated heterocycles. The van der Waals surface area contributed by atoms with E-state index in [1.165, 1.54) is 5.56 Å². The van der Waals surface area contributed by atoms with E-state index in [9.17, 15) is 4.79 Å². The topological polar surface area (TPSA) is 36.1 Å². The highest BCUT2D eigenvalue weighted by Crippen LogP contribution is 2.45. The third kappa shape index (κ3) is 1.71. The van der Waals surface area contributed by atoms with Gasteiger partial charge in [0.15, 0.2) is 0 Å². The Morgan fingerprint density at radius 2 is 1.67 bits per heavy atom. The average molecular weight is 274 g/mol. The van der Waals surface area contributed by atoms with E-state index in [1.807, 2.05) is 48.7 Å². The molecule has 3 aromatic rings. The summed E-state index contributed by atoms with van der Waals surface area (Å²) in [6.07, 6.45) is 2.81. The lowest BCUT2D eigenvalue weighted by Gasteiger charge is -2.35. The molecular weight excluding hydrogens is 260 g/mol. The van der Waals surface area contributed by atoms with Crippen LogP contribution in [0.2, 0.25) is 0 Å². The number of nitrogens with one attached hydrogen (secondary N) is 1. The van der Waals surface area contributed by atoms with Crippen molar-refractivity contribution in [2.75, 3.05) is 4.90 Å². The zero-order valence-corrected chi connectivity index (χ0v) is 11.4. The van der Waals surface area contributed by atoms with Crippen LogP contribution in [0.15, 0.2) is 66.9 Å². The first-order valence-electron chi connectivity index (χ1n) is 6.95. The van der Waals surface area contributed by atoms with Crippen molar-refractivity contribution in [1.82, 2.24) is 4.98 Å². The van der Waals surface area contributed by atoms with Crippen molar-refractivity contribution >= 4 is 12.1 Å². The molecule has 1 atom stereocenters. The fourth-order valence-corrected chi connectivity index (χ4v) is 3.15. The van der Waals surface area contributed by atoms with Crippen LogP contribution in [-0.2, 0) is 4.79 Å². The first-order valence-corrected chi connectivity index (χ1v) is 6.95. The molecule has 3 nitrogen and oxygen atoms in total. The molecule has 0 spiro atoms. The molecule has 0 fully saturated rings. The van der Waals surface area contributed by atoms with Crippen molar-refractivity contribution in [3.05, 3.63) is 78.1 Å². The molecule has 3 heteroatoms. The number of carbonyl (C=O) groups excluding carboxylic acids is 1. The Labute approximate surface area is 122 Å². The Kier molecular flexibility index (Phi) is 2.64. The SMILES string of the molecule is O=CN1c2ccccc2-c2ccccc2C1c1ccc[nH]1. The highest BCUT2D eigenvalue weighted by atomic mass is 16.1. The molecule has 0 radical (unpaired) electrons. The number of hydrogen-bond donors (Lipinski definition) is 1. The number of benzene rings is 2. The number of nitrogens with zero attached hydrogens (tertiary/aromatic N) is 1. The first kappa shape index (κ1) is 12.0. The number of anilines is 1. The molecule has 0 saturated carbocycles. The molecule has 102 valence electrons. The monoisotopic (exact) mass is 274 g/mol. The number of carbonyl (C=O) groups is 1. The Balaban J connectivity index is 2.03. The minimum Gasteiger partial charge on any atom is -0.363 e. The predicted molar refractivity (Wildman–Crippen MR) is 83.1 cm³/mol. The summed E-state index contributed by atoms with van der Waals surface area (Å²) in [7, 11) is 0. The normalized spacial score (nSPS) is 16.2. The predicted octanol–water partition coefficient (Wildman–Crippen LogP) is 3.75. The molecule has 1 aliphatic rings. The number of hydrogen-bond acceptors (Lipinski definition) is 1. The van der Waals surface area contributed by atoms with E-state index in [1.54, 1.807) is 4.90 Å². The van der Waals surface area contributed by atoms with Crippen LogP contribution in [0.5, 0.6) is 0 Å². The van der Waals surface area contributed by atoms with Gasteiger partial charge < -0.3 is 9.88 Å². The van der Waals surface area contributed by atoms with Gasteiger partial charge in [0.2, 0.25) is 6.41 Å². The minimum absolute atomic E-state index is 0.108. The van der Waals surface area contributed by atoms with Crippen molar-refractivity contribution < 1.29 is 4.79 Å². The van der Waals surface area contributed by atoms with Crippen LogP contribution >= 0.6 is 0 Å². The van der Waals surface area contributed by atoms with Gasteiger partial charge in [0.1, 0.15) is 6.04 Å². The van der Waals surface area contributed by atoms with Gasteiger partial charge in [0, 0.05) is 17.5 Å². The molecule has 4 rings (SSSR count). The van der Waals surface area contributed by atoms with Crippen LogP contribution in [0, 0.1) is 0 Å². The van der Waals surface area contributed by atoms with E-state index in [0.717, 1.165) is 28.9 Å². The molecule has 2 heterocycles. The molecule has 1 aliphatic heterocycles. The summed E-state index contributed by atoms with van der Waals surface area (Å²) in [6, 6.07) is 20.2. The third-order valence-electron chi connectivity index (χ3n) is 4.04. The zero-order valence-electron chi connectivity index (χ0n) is 11.4. The largest absolute Gasteiger partial charge is 0.363 e. The van der Waals surface area contributed by atoms with E-state index >= 15 is 0 Å². The number of para-hydroxylation sites is 1. The van der Waals surface area contributed by atoms with Crippen LogP contribution in [0.25, 0.3) is 11.1 Å². The number of aromatic amines is 1. The van der Waals surface area contributed by atoms with E-state index in [2.05, 4.69) is 23.2 Å². The second-order valence-corrected chi connectivity index (χ2v) is 5.15. The van der Waals surface area contributed by atoms with Crippen LogP contribution in [0.1, 0.15) is 17.3 Å². The molecule has 0 aliphatic carbocycles. The summed E-state index contributed by atoms with van der Waals surface area (Å²) in [5.74, 6) is 0. The van der Waals surface area contributed by atoms with Gasteiger partial charge in [0.05, 0.1) is 5.69 Å². The van der Waals surface area contributed by atoms with Gasteiger partial charge in [-0.25, -0.2) is 0 Å². The smallest absolute Gasteiger partial charge is 0.215 e. The lowest BCUT2D eigenvalue weighted by atomic mass is 9.87. The van der Waals surface area contributed by atoms with Crippen LogP contribution in [0.3, 0.4) is 0 Å². The molecule has 1 unspecified atom stereocenters. The summed E-state index contributed by atoms with van der Waals surface area (Å²) in [4.78, 5) is 16.8. The summed E-state index contributed by atoms with van der Waals surface area (Å²) in [6.45, 7) is 0. The Morgan fingerprint density at radius 3 is 2.43 bits per heavy atom. The molecule has 1 aromatic heterocycles. The maximum absolute atomic E-state index is 11.8. The Hall–Kier alpha value is -2.81. The number of H-pyrrole nitrogens is 1. The highest BCUT2D eigenvalue weighted by molar-refractivity contribution is 5.93. The second kappa shape index (κ2) is 4.63. The van der Waals surface area contributed by atoms with E-state index in [4.69, 9.17) is 0 Å². The lowest BCUT2D eigenvalue weighted by molar-refractivity contribution is -0.107. The van der Waals surface area contributed by atoms with Gasteiger partial charge in [-0.15, -0.1) is 0 Å². The first-order chi connectivity index (χ1) is 10.4. The second-order valence-electron chi connectivity index (χ2n) is 5.15. The third-order valence-corrected chi connectivity index (χ3v) is 4.04. The van der Waals surface area contributed by atoms with Gasteiger partial charge in [0.25, 0.3) is 0 Å². The van der Waals surface area contributed by atoms with Crippen molar-refractivity contribution in [2.24, 2.45) is 0 Å². The number of amides is 1. The van der Waals surface area contributed by atoms with Crippen LogP contribution in [0.4, 0.5) is 5.69 Å². The van der Waals surface area contributed by atoms with Crippen LogP contribution in [-0.4, -0.2) is 11.4 Å². The average Bonchev–Trinajstić information content (AvgIpc) is 3.07. The fraction of sp³-hybridized carbons (Fsp3) is 0.0556. The quantitative estimate of drug-likeness (QED) is 0.710. The summed E-state index contributed by atoms with van der Waals surface area (Å²) in [5.41, 5.74) is 5.40. The number of fused-ring (bicyclic) bond motifs is 3. The maximum Gasteiger partial charge on any atom is 0.215 e. The molecule has 21 heavy (non-hydrogen) atoms. The summed E-state index contributed by atoms with van der Waals surface area (Å²) >= 11 is 0. The minimum atomic E-state index is -0.108. The molecule has 2 aromatic carbocycles. The van der Waals surface area contributed by atoms with Crippen molar-refractivity contribution in [3.8, 4) is 11.1 Å². The zero-order chi connectivity index (χ0) is 14.2. The number of aromatic nitrogens is 1. The molecule has 0 bridgehead atoms. The number of rotatable bonds is 2. The highest BCUT2D eigenvalue weighted by Gasteiger charge is 2.31. The summed E-state index contributed by atoms with van der Waals surface area (Å²) in [5, 5.41) is 0. The lowest BCUT2D eigenvalue weighted by Crippen LogP contribution is -2.31. The van der Waals surface area contributed by atoms with Gasteiger partial charge in [-0.1, -0.05) is 42.5 Å². The van der Waals surface area contributed by atoms with Gasteiger partial charge in [-0.2, -0.15) is 0 Å². The van der Waals surface area contributed by atoms with Gasteiger partial charge in [-0.05, 0) is 29.3 Å². The fourth-order valence-electron chi connectivity index (χ4n) is 3.15. The van der Waals surface area contributed by atoms with E-state index in [0.29, 0.717) is 0 Å². The Bertz CT molecular complexity index is 792. The van der Waals surface area contributed by atoms with Crippen molar-refractivity contribution in [2.45, 2.75) is 6.04 Å². The van der Waals surface area contributed by atoms with E-state index in [-0.39, 0.29) is 6.04 Å². The summed E-state index contributed by atoms with van der Waals surface area (Å²) < 4.78 is 0. The maximum atomic E-state index is 11.8. The molecule has 1 amide bonds. The van der Waals surface area contributed by atoms with Crippen molar-refractivity contribution in [1.29, 1.82) is 0 Å². The molecule has 1 N–H and O–H groups in total.